The van der Waals surface area contributed by atoms with E-state index in [4.69, 9.17) is 5.73 Å². The van der Waals surface area contributed by atoms with Crippen LogP contribution >= 0.6 is 12.4 Å². The van der Waals surface area contributed by atoms with Gasteiger partial charge >= 0.3 is 5.97 Å². The van der Waals surface area contributed by atoms with Gasteiger partial charge in [-0.2, -0.15) is 0 Å². The van der Waals surface area contributed by atoms with Crippen molar-refractivity contribution in [2.75, 3.05) is 7.11 Å². The zero-order chi connectivity index (χ0) is 7.44. The van der Waals surface area contributed by atoms with Crippen molar-refractivity contribution in [3.05, 3.63) is 0 Å². The molecule has 2 N–H and O–H groups in total. The highest BCUT2D eigenvalue weighted by Crippen LogP contribution is 1.95. The Morgan fingerprint density at radius 3 is 2.20 bits per heavy atom. The zero-order valence-electron chi connectivity index (χ0n) is 5.83. The maximum atomic E-state index is 12.1. The van der Waals surface area contributed by atoms with Crippen molar-refractivity contribution < 1.29 is 13.9 Å². The molecule has 3 nitrogen and oxygen atoms in total. The maximum absolute atomic E-state index is 12.1. The fraction of sp³-hybridized carbons (Fsp3) is 0.800. The molecule has 0 aliphatic rings. The summed E-state index contributed by atoms with van der Waals surface area (Å²) in [5, 5.41) is 0. The van der Waals surface area contributed by atoms with Gasteiger partial charge in [-0.1, -0.05) is 0 Å². The van der Waals surface area contributed by atoms with Crippen LogP contribution in [0.5, 0.6) is 0 Å². The van der Waals surface area contributed by atoms with Crippen molar-refractivity contribution in [3.8, 4) is 0 Å². The van der Waals surface area contributed by atoms with Gasteiger partial charge in [-0.15, -0.1) is 12.4 Å². The van der Waals surface area contributed by atoms with E-state index in [1.165, 1.54) is 14.0 Å². The Morgan fingerprint density at radius 1 is 1.70 bits per heavy atom. The summed E-state index contributed by atoms with van der Waals surface area (Å²) in [5.74, 6) is -0.718. The second-order valence-electron chi connectivity index (χ2n) is 1.73. The Hall–Kier alpha value is -0.350. The molecule has 5 heteroatoms. The molecule has 0 fully saturated rings. The number of hydrogen-bond acceptors (Lipinski definition) is 3. The number of carbonyl (C=O) groups is 1. The van der Waals surface area contributed by atoms with Gasteiger partial charge in [-0.3, -0.25) is 4.79 Å². The van der Waals surface area contributed by atoms with Gasteiger partial charge in [0.05, 0.1) is 7.11 Å². The molecule has 0 aliphatic heterocycles. The minimum atomic E-state index is -1.35. The molecule has 0 saturated carbocycles. The number of halogens is 2. The van der Waals surface area contributed by atoms with Gasteiger partial charge in [0.2, 0.25) is 0 Å². The molecule has 0 radical (unpaired) electrons. The minimum absolute atomic E-state index is 0. The topological polar surface area (TPSA) is 52.3 Å². The second kappa shape index (κ2) is 5.44. The first kappa shape index (κ1) is 12.3. The van der Waals surface area contributed by atoms with Crippen LogP contribution in [0.2, 0.25) is 0 Å². The van der Waals surface area contributed by atoms with E-state index in [-0.39, 0.29) is 12.4 Å². The van der Waals surface area contributed by atoms with Crippen molar-refractivity contribution in [2.45, 2.75) is 19.1 Å². The van der Waals surface area contributed by atoms with Crippen LogP contribution in [-0.4, -0.2) is 25.3 Å². The number of ether oxygens (including phenoxy) is 1. The van der Waals surface area contributed by atoms with Crippen LogP contribution in [0.15, 0.2) is 0 Å². The van der Waals surface area contributed by atoms with Crippen LogP contribution in [0.3, 0.4) is 0 Å². The quantitative estimate of drug-likeness (QED) is 0.607. The molecule has 0 aromatic heterocycles. The highest BCUT2D eigenvalue weighted by molar-refractivity contribution is 5.85. The summed E-state index contributed by atoms with van der Waals surface area (Å²) < 4.78 is 16.3. The number of esters is 1. The molecule has 0 aromatic rings. The number of carbonyl (C=O) groups excluding carboxylic acids is 1. The van der Waals surface area contributed by atoms with Gasteiger partial charge in [0.15, 0.2) is 0 Å². The lowest BCUT2D eigenvalue weighted by Gasteiger charge is -2.08. The minimum Gasteiger partial charge on any atom is -0.468 e. The van der Waals surface area contributed by atoms with Crippen molar-refractivity contribution in [1.29, 1.82) is 0 Å². The summed E-state index contributed by atoms with van der Waals surface area (Å²) in [6, 6.07) is -1.14. The van der Waals surface area contributed by atoms with Crippen LogP contribution in [0.25, 0.3) is 0 Å². The number of nitrogens with two attached hydrogens (primary N) is 1. The predicted octanol–water partition coefficient (Wildman–Crippen LogP) is 0.266. The summed E-state index contributed by atoms with van der Waals surface area (Å²) >= 11 is 0. The number of methoxy groups -OCH3 is 1. The summed E-state index contributed by atoms with van der Waals surface area (Å²) in [4.78, 5) is 10.4. The van der Waals surface area contributed by atoms with Crippen LogP contribution in [-0.2, 0) is 9.53 Å². The molecular formula is C5H11ClFNO2. The van der Waals surface area contributed by atoms with E-state index in [1.807, 2.05) is 0 Å². The lowest BCUT2D eigenvalue weighted by atomic mass is 10.2. The molecule has 0 amide bonds. The first-order valence-corrected chi connectivity index (χ1v) is 2.57. The molecule has 2 unspecified atom stereocenters. The fourth-order valence-electron chi connectivity index (χ4n) is 0.324. The SMILES string of the molecule is COC(=O)C(N)C(C)F.Cl. The normalized spacial score (nSPS) is 14.8. The first-order valence-electron chi connectivity index (χ1n) is 2.57. The molecule has 0 aromatic carbocycles. The summed E-state index contributed by atoms with van der Waals surface area (Å²) in [6.45, 7) is 1.21. The predicted molar refractivity (Wildman–Crippen MR) is 37.8 cm³/mol. The Bertz CT molecular complexity index is 110. The van der Waals surface area contributed by atoms with E-state index in [9.17, 15) is 9.18 Å². The van der Waals surface area contributed by atoms with Crippen LogP contribution in [0, 0.1) is 0 Å². The van der Waals surface area contributed by atoms with Gasteiger partial charge in [0, 0.05) is 0 Å². The maximum Gasteiger partial charge on any atom is 0.325 e. The number of hydrogen-bond donors (Lipinski definition) is 1. The van der Waals surface area contributed by atoms with Gasteiger partial charge < -0.3 is 10.5 Å². The fourth-order valence-corrected chi connectivity index (χ4v) is 0.324. The van der Waals surface area contributed by atoms with E-state index < -0.39 is 18.2 Å². The molecule has 0 heterocycles. The van der Waals surface area contributed by atoms with E-state index in [0.29, 0.717) is 0 Å². The van der Waals surface area contributed by atoms with Crippen LogP contribution in [0.4, 0.5) is 4.39 Å². The molecule has 0 bridgehead atoms. The molecular weight excluding hydrogens is 161 g/mol. The smallest absolute Gasteiger partial charge is 0.325 e. The lowest BCUT2D eigenvalue weighted by Crippen LogP contribution is -2.38. The Balaban J connectivity index is 0. The standard InChI is InChI=1S/C5H10FNO2.ClH/c1-3(6)4(7)5(8)9-2;/h3-4H,7H2,1-2H3;1H. The molecule has 0 spiro atoms. The van der Waals surface area contributed by atoms with Crippen molar-refractivity contribution >= 4 is 18.4 Å². The molecule has 10 heavy (non-hydrogen) atoms. The van der Waals surface area contributed by atoms with Gasteiger partial charge in [-0.05, 0) is 6.92 Å². The highest BCUT2D eigenvalue weighted by atomic mass is 35.5. The largest absolute Gasteiger partial charge is 0.468 e. The third-order valence-electron chi connectivity index (χ3n) is 0.968. The third kappa shape index (κ3) is 3.63. The van der Waals surface area contributed by atoms with E-state index in [0.717, 1.165) is 0 Å². The molecule has 0 rings (SSSR count). The average molecular weight is 172 g/mol. The summed E-state index contributed by atoms with van der Waals surface area (Å²) in [5.41, 5.74) is 5.02. The third-order valence-corrected chi connectivity index (χ3v) is 0.968. The van der Waals surface area contributed by atoms with E-state index in [2.05, 4.69) is 4.74 Å². The Morgan fingerprint density at radius 2 is 2.10 bits per heavy atom. The van der Waals surface area contributed by atoms with Gasteiger partial charge in [-0.25, -0.2) is 4.39 Å². The lowest BCUT2D eigenvalue weighted by molar-refractivity contribution is -0.143. The molecule has 0 saturated heterocycles. The van der Waals surface area contributed by atoms with Crippen LogP contribution in [0.1, 0.15) is 6.92 Å². The highest BCUT2D eigenvalue weighted by Gasteiger charge is 2.20. The molecule has 2 atom stereocenters. The van der Waals surface area contributed by atoms with Gasteiger partial charge in [0.1, 0.15) is 12.2 Å². The summed E-state index contributed by atoms with van der Waals surface area (Å²) in [6.07, 6.45) is -1.35. The zero-order valence-corrected chi connectivity index (χ0v) is 6.65. The van der Waals surface area contributed by atoms with Crippen molar-refractivity contribution in [2.24, 2.45) is 5.73 Å². The second-order valence-corrected chi connectivity index (χ2v) is 1.73. The average Bonchev–Trinajstić information content (AvgIpc) is 1.84. The van der Waals surface area contributed by atoms with Crippen molar-refractivity contribution in [1.82, 2.24) is 0 Å². The van der Waals surface area contributed by atoms with Crippen LogP contribution < -0.4 is 5.73 Å². The monoisotopic (exact) mass is 171 g/mol. The first-order chi connectivity index (χ1) is 4.09. The Kier molecular flexibility index (Phi) is 6.71. The summed E-state index contributed by atoms with van der Waals surface area (Å²) in [7, 11) is 1.17. The van der Waals surface area contributed by atoms with Gasteiger partial charge in [0.25, 0.3) is 0 Å². The van der Waals surface area contributed by atoms with E-state index >= 15 is 0 Å². The van der Waals surface area contributed by atoms with E-state index in [1.54, 1.807) is 0 Å². The number of rotatable bonds is 2. The van der Waals surface area contributed by atoms with Crippen molar-refractivity contribution in [3.63, 3.8) is 0 Å². The Labute approximate surface area is 65.1 Å². The number of alkyl halides is 1. The molecule has 0 aliphatic carbocycles. The molecule has 62 valence electrons.